The fraction of sp³-hybridized carbons (Fsp3) is 0.615. The van der Waals surface area contributed by atoms with E-state index in [1.807, 2.05) is 11.6 Å². The fourth-order valence-corrected chi connectivity index (χ4v) is 3.60. The van der Waals surface area contributed by atoms with Gasteiger partial charge < -0.3 is 4.57 Å². The predicted octanol–water partition coefficient (Wildman–Crippen LogP) is 1.18. The van der Waals surface area contributed by atoms with E-state index in [4.69, 9.17) is 0 Å². The molecule has 2 saturated carbocycles. The lowest BCUT2D eigenvalue weighted by Gasteiger charge is -2.34. The van der Waals surface area contributed by atoms with Crippen LogP contribution in [0, 0.1) is 5.92 Å². The number of anilines is 1. The molecule has 2 aromatic rings. The first-order valence-corrected chi connectivity index (χ1v) is 8.27. The summed E-state index contributed by atoms with van der Waals surface area (Å²) in [6.07, 6.45) is 5.90. The number of nitrogens with zero attached hydrogens (tertiary/aromatic N) is 5. The second-order valence-corrected chi connectivity index (χ2v) is 6.93. The quantitative estimate of drug-likeness (QED) is 0.803. The molecule has 2 fully saturated rings. The van der Waals surface area contributed by atoms with Crippen molar-refractivity contribution in [2.24, 2.45) is 13.0 Å². The van der Waals surface area contributed by atoms with Crippen molar-refractivity contribution in [3.8, 4) is 0 Å². The van der Waals surface area contributed by atoms with Gasteiger partial charge in [0.05, 0.1) is 0 Å². The SMILES string of the molecule is Cn1cnnc1[C@@H]1CC[C@@H]1C(=O)NNc1nnc(C2CC2)s1. The Labute approximate surface area is 131 Å². The molecular weight excluding hydrogens is 302 g/mol. The highest BCUT2D eigenvalue weighted by Gasteiger charge is 2.40. The number of nitrogens with one attached hydrogen (secondary N) is 2. The molecule has 1 amide bonds. The number of hydrazine groups is 1. The summed E-state index contributed by atoms with van der Waals surface area (Å²) < 4.78 is 1.88. The summed E-state index contributed by atoms with van der Waals surface area (Å²) in [6, 6.07) is 0. The number of hydrogen-bond donors (Lipinski definition) is 2. The van der Waals surface area contributed by atoms with Crippen LogP contribution in [0.25, 0.3) is 0 Å². The van der Waals surface area contributed by atoms with E-state index in [9.17, 15) is 4.79 Å². The maximum atomic E-state index is 12.3. The van der Waals surface area contributed by atoms with Gasteiger partial charge in [-0.15, -0.1) is 20.4 Å². The standard InChI is InChI=1S/C13H17N7OS/c1-20-6-14-15-10(20)8-4-5-9(8)11(21)16-18-13-19-17-12(22-13)7-2-3-7/h6-9H,2-5H2,1H3,(H,16,21)(H,18,19)/t8-,9+/m1/s1. The molecule has 2 aliphatic carbocycles. The molecule has 2 N–H and O–H groups in total. The maximum Gasteiger partial charge on any atom is 0.242 e. The summed E-state index contributed by atoms with van der Waals surface area (Å²) in [4.78, 5) is 12.3. The smallest absolute Gasteiger partial charge is 0.242 e. The topological polar surface area (TPSA) is 97.6 Å². The number of amides is 1. The summed E-state index contributed by atoms with van der Waals surface area (Å²) in [5.74, 6) is 1.51. The van der Waals surface area contributed by atoms with Crippen LogP contribution < -0.4 is 10.9 Å². The lowest BCUT2D eigenvalue weighted by Crippen LogP contribution is -2.42. The zero-order valence-electron chi connectivity index (χ0n) is 12.2. The molecule has 2 aliphatic rings. The average molecular weight is 319 g/mol. The van der Waals surface area contributed by atoms with Crippen LogP contribution in [0.15, 0.2) is 6.33 Å². The molecule has 0 saturated heterocycles. The number of carbonyl (C=O) groups is 1. The van der Waals surface area contributed by atoms with Crippen LogP contribution in [0.2, 0.25) is 0 Å². The van der Waals surface area contributed by atoms with Gasteiger partial charge in [-0.3, -0.25) is 15.6 Å². The zero-order chi connectivity index (χ0) is 15.1. The van der Waals surface area contributed by atoms with Crippen molar-refractivity contribution in [1.29, 1.82) is 0 Å². The Balaban J connectivity index is 1.34. The number of aromatic nitrogens is 5. The van der Waals surface area contributed by atoms with E-state index in [-0.39, 0.29) is 17.7 Å². The molecule has 0 aliphatic heterocycles. The Kier molecular flexibility index (Phi) is 3.29. The van der Waals surface area contributed by atoms with Crippen LogP contribution >= 0.6 is 11.3 Å². The van der Waals surface area contributed by atoms with Crippen LogP contribution in [-0.2, 0) is 11.8 Å². The number of rotatable bonds is 5. The van der Waals surface area contributed by atoms with Gasteiger partial charge in [0, 0.05) is 24.8 Å². The van der Waals surface area contributed by atoms with Crippen LogP contribution in [0.3, 0.4) is 0 Å². The van der Waals surface area contributed by atoms with Crippen LogP contribution in [0.1, 0.15) is 48.4 Å². The largest absolute Gasteiger partial charge is 0.320 e. The van der Waals surface area contributed by atoms with Gasteiger partial charge in [-0.2, -0.15) is 0 Å². The molecule has 0 unspecified atom stereocenters. The number of carbonyl (C=O) groups excluding carboxylic acids is 1. The summed E-state index contributed by atoms with van der Waals surface area (Å²) in [5.41, 5.74) is 5.63. The highest BCUT2D eigenvalue weighted by Crippen LogP contribution is 2.42. The summed E-state index contributed by atoms with van der Waals surface area (Å²) in [6.45, 7) is 0. The Morgan fingerprint density at radius 1 is 1.27 bits per heavy atom. The normalized spacial score (nSPS) is 23.9. The third kappa shape index (κ3) is 2.45. The third-order valence-corrected chi connectivity index (χ3v) is 5.35. The maximum absolute atomic E-state index is 12.3. The molecule has 0 bridgehead atoms. The van der Waals surface area contributed by atoms with E-state index in [0.717, 1.165) is 23.7 Å². The van der Waals surface area contributed by atoms with Gasteiger partial charge in [0.15, 0.2) is 0 Å². The molecule has 0 spiro atoms. The van der Waals surface area contributed by atoms with Gasteiger partial charge in [0.2, 0.25) is 11.0 Å². The number of aryl methyl sites for hydroxylation is 1. The van der Waals surface area contributed by atoms with Crippen molar-refractivity contribution >= 4 is 22.4 Å². The average Bonchev–Trinajstić information content (AvgIpc) is 3.08. The highest BCUT2D eigenvalue weighted by molar-refractivity contribution is 7.15. The Morgan fingerprint density at radius 3 is 2.77 bits per heavy atom. The van der Waals surface area contributed by atoms with Gasteiger partial charge in [0.25, 0.3) is 0 Å². The molecule has 116 valence electrons. The van der Waals surface area contributed by atoms with E-state index >= 15 is 0 Å². The monoisotopic (exact) mass is 319 g/mol. The molecule has 22 heavy (non-hydrogen) atoms. The van der Waals surface area contributed by atoms with E-state index in [1.165, 1.54) is 24.2 Å². The minimum Gasteiger partial charge on any atom is -0.320 e. The van der Waals surface area contributed by atoms with Gasteiger partial charge in [-0.25, -0.2) is 0 Å². The van der Waals surface area contributed by atoms with Crippen molar-refractivity contribution in [2.75, 3.05) is 5.43 Å². The molecule has 0 radical (unpaired) electrons. The van der Waals surface area contributed by atoms with Gasteiger partial charge in [-0.1, -0.05) is 11.3 Å². The first-order chi connectivity index (χ1) is 10.7. The Hall–Kier alpha value is -2.03. The zero-order valence-corrected chi connectivity index (χ0v) is 13.0. The molecule has 2 heterocycles. The van der Waals surface area contributed by atoms with E-state index in [0.29, 0.717) is 11.0 Å². The highest BCUT2D eigenvalue weighted by atomic mass is 32.1. The van der Waals surface area contributed by atoms with Crippen LogP contribution in [-0.4, -0.2) is 30.9 Å². The second kappa shape index (κ2) is 5.31. The summed E-state index contributed by atoms with van der Waals surface area (Å²) in [7, 11) is 1.90. The van der Waals surface area contributed by atoms with Gasteiger partial charge in [0.1, 0.15) is 17.2 Å². The van der Waals surface area contributed by atoms with E-state index in [2.05, 4.69) is 31.2 Å². The van der Waals surface area contributed by atoms with E-state index in [1.54, 1.807) is 6.33 Å². The van der Waals surface area contributed by atoms with Gasteiger partial charge in [-0.05, 0) is 25.7 Å². The Morgan fingerprint density at radius 2 is 2.14 bits per heavy atom. The predicted molar refractivity (Wildman–Crippen MR) is 80.1 cm³/mol. The molecule has 4 rings (SSSR count). The van der Waals surface area contributed by atoms with Crippen LogP contribution in [0.4, 0.5) is 5.13 Å². The second-order valence-electron chi connectivity index (χ2n) is 5.92. The van der Waals surface area contributed by atoms with E-state index < -0.39 is 0 Å². The molecule has 2 aromatic heterocycles. The lowest BCUT2D eigenvalue weighted by molar-refractivity contribution is -0.128. The fourth-order valence-electron chi connectivity index (χ4n) is 2.74. The van der Waals surface area contributed by atoms with Crippen molar-refractivity contribution in [2.45, 2.75) is 37.5 Å². The number of hydrogen-bond acceptors (Lipinski definition) is 7. The summed E-state index contributed by atoms with van der Waals surface area (Å²) >= 11 is 1.51. The minimum absolute atomic E-state index is 0.0255. The summed E-state index contributed by atoms with van der Waals surface area (Å²) in [5, 5.41) is 17.9. The van der Waals surface area contributed by atoms with Crippen LogP contribution in [0.5, 0.6) is 0 Å². The Bertz CT molecular complexity index is 692. The third-order valence-electron chi connectivity index (χ3n) is 4.35. The van der Waals surface area contributed by atoms with Crippen molar-refractivity contribution in [3.05, 3.63) is 17.2 Å². The molecule has 0 aromatic carbocycles. The first-order valence-electron chi connectivity index (χ1n) is 7.45. The van der Waals surface area contributed by atoms with Crippen molar-refractivity contribution in [3.63, 3.8) is 0 Å². The van der Waals surface area contributed by atoms with Gasteiger partial charge >= 0.3 is 0 Å². The first kappa shape index (κ1) is 13.6. The van der Waals surface area contributed by atoms with Crippen molar-refractivity contribution in [1.82, 2.24) is 30.4 Å². The van der Waals surface area contributed by atoms with Crippen molar-refractivity contribution < 1.29 is 4.79 Å². The molecule has 9 heteroatoms. The molecule has 2 atom stereocenters. The lowest BCUT2D eigenvalue weighted by atomic mass is 9.72. The minimum atomic E-state index is -0.0637. The molecule has 8 nitrogen and oxygen atoms in total. The molecular formula is C13H17N7OS.